The molecule has 2 atom stereocenters. The van der Waals surface area contributed by atoms with Gasteiger partial charge >= 0.3 is 0 Å². The summed E-state index contributed by atoms with van der Waals surface area (Å²) in [4.78, 5) is 0. The van der Waals surface area contributed by atoms with Crippen LogP contribution in [0.2, 0.25) is 10.0 Å². The molecule has 3 nitrogen and oxygen atoms in total. The summed E-state index contributed by atoms with van der Waals surface area (Å²) < 4.78 is 5.00. The van der Waals surface area contributed by atoms with Crippen LogP contribution in [0, 0.1) is 0 Å². The quantitative estimate of drug-likeness (QED) is 0.811. The van der Waals surface area contributed by atoms with Crippen molar-refractivity contribution in [1.29, 1.82) is 0 Å². The fraction of sp³-hybridized carbons (Fsp3) is 0.538. The zero-order valence-corrected chi connectivity index (χ0v) is 12.1. The van der Waals surface area contributed by atoms with Crippen molar-refractivity contribution < 1.29 is 9.84 Å². The minimum Gasteiger partial charge on any atom is -0.387 e. The number of nitrogens with one attached hydrogen (secondary N) is 1. The summed E-state index contributed by atoms with van der Waals surface area (Å²) in [6.07, 6.45) is 0.261. The van der Waals surface area contributed by atoms with Crippen LogP contribution in [-0.2, 0) is 4.74 Å². The van der Waals surface area contributed by atoms with Crippen LogP contribution in [0.15, 0.2) is 18.2 Å². The summed E-state index contributed by atoms with van der Waals surface area (Å²) in [5.74, 6) is 0. The maximum Gasteiger partial charge on any atom is 0.0928 e. The van der Waals surface area contributed by atoms with Crippen molar-refractivity contribution in [3.63, 3.8) is 0 Å². The molecule has 0 aliphatic rings. The average molecular weight is 292 g/mol. The van der Waals surface area contributed by atoms with Crippen molar-refractivity contribution in [2.45, 2.75) is 25.5 Å². The summed E-state index contributed by atoms with van der Waals surface area (Å²) in [6.45, 7) is 3.20. The number of hydrogen-bond donors (Lipinski definition) is 2. The van der Waals surface area contributed by atoms with E-state index < -0.39 is 6.10 Å². The van der Waals surface area contributed by atoms with Crippen LogP contribution < -0.4 is 5.32 Å². The Kier molecular flexibility index (Phi) is 6.97. The standard InChI is InChI=1S/C13H19Cl2NO2/c1-9(5-6-18-2)16-8-13(17)11-4-3-10(14)7-12(11)15/h3-4,7,9,13,16-17H,5-6,8H2,1-2H3. The van der Waals surface area contributed by atoms with Crippen LogP contribution in [0.4, 0.5) is 0 Å². The number of ether oxygens (including phenoxy) is 1. The number of halogens is 2. The number of benzene rings is 1. The molecule has 0 radical (unpaired) electrons. The van der Waals surface area contributed by atoms with Gasteiger partial charge in [0.15, 0.2) is 0 Å². The molecule has 2 unspecified atom stereocenters. The molecule has 0 amide bonds. The van der Waals surface area contributed by atoms with Gasteiger partial charge in [-0.25, -0.2) is 0 Å². The molecule has 0 saturated carbocycles. The zero-order valence-electron chi connectivity index (χ0n) is 10.6. The Morgan fingerprint density at radius 2 is 2.11 bits per heavy atom. The van der Waals surface area contributed by atoms with Gasteiger partial charge in [-0.2, -0.15) is 0 Å². The molecule has 0 heterocycles. The Morgan fingerprint density at radius 3 is 2.72 bits per heavy atom. The summed E-state index contributed by atoms with van der Waals surface area (Å²) >= 11 is 11.8. The highest BCUT2D eigenvalue weighted by Crippen LogP contribution is 2.25. The van der Waals surface area contributed by atoms with Crippen LogP contribution >= 0.6 is 23.2 Å². The molecule has 0 aliphatic heterocycles. The van der Waals surface area contributed by atoms with Crippen molar-refractivity contribution in [3.8, 4) is 0 Å². The predicted molar refractivity (Wildman–Crippen MR) is 75.4 cm³/mol. The van der Waals surface area contributed by atoms with E-state index in [1.165, 1.54) is 0 Å². The van der Waals surface area contributed by atoms with E-state index in [2.05, 4.69) is 12.2 Å². The number of methoxy groups -OCH3 is 1. The maximum atomic E-state index is 10.0. The third kappa shape index (κ3) is 5.12. The van der Waals surface area contributed by atoms with Gasteiger partial charge < -0.3 is 15.2 Å². The van der Waals surface area contributed by atoms with Gasteiger partial charge in [-0.05, 0) is 25.5 Å². The van der Waals surface area contributed by atoms with E-state index in [1.54, 1.807) is 25.3 Å². The Bertz CT molecular complexity index is 374. The topological polar surface area (TPSA) is 41.5 Å². The second-order valence-corrected chi connectivity index (χ2v) is 5.12. The highest BCUT2D eigenvalue weighted by atomic mass is 35.5. The van der Waals surface area contributed by atoms with E-state index in [1.807, 2.05) is 0 Å². The number of rotatable bonds is 7. The lowest BCUT2D eigenvalue weighted by Gasteiger charge is -2.18. The average Bonchev–Trinajstić information content (AvgIpc) is 2.33. The van der Waals surface area contributed by atoms with Crippen LogP contribution in [0.5, 0.6) is 0 Å². The first-order chi connectivity index (χ1) is 8.54. The summed E-state index contributed by atoms with van der Waals surface area (Å²) in [6, 6.07) is 5.39. The van der Waals surface area contributed by atoms with E-state index in [0.29, 0.717) is 28.8 Å². The smallest absolute Gasteiger partial charge is 0.0928 e. The molecule has 0 aliphatic carbocycles. The van der Waals surface area contributed by atoms with E-state index in [4.69, 9.17) is 27.9 Å². The third-order valence-electron chi connectivity index (χ3n) is 2.74. The fourth-order valence-electron chi connectivity index (χ4n) is 1.59. The van der Waals surface area contributed by atoms with Crippen molar-refractivity contribution in [2.75, 3.05) is 20.3 Å². The second kappa shape index (κ2) is 7.97. The highest BCUT2D eigenvalue weighted by Gasteiger charge is 2.12. The molecule has 5 heteroatoms. The first-order valence-electron chi connectivity index (χ1n) is 5.90. The Balaban J connectivity index is 2.47. The predicted octanol–water partition coefficient (Wildman–Crippen LogP) is 3.04. The van der Waals surface area contributed by atoms with Gasteiger partial charge in [-0.3, -0.25) is 0 Å². The van der Waals surface area contributed by atoms with Gasteiger partial charge in [0.05, 0.1) is 6.10 Å². The van der Waals surface area contributed by atoms with Crippen molar-refractivity contribution in [3.05, 3.63) is 33.8 Å². The van der Waals surface area contributed by atoms with Gasteiger partial charge in [0.1, 0.15) is 0 Å². The lowest BCUT2D eigenvalue weighted by atomic mass is 10.1. The lowest BCUT2D eigenvalue weighted by Crippen LogP contribution is -2.31. The first-order valence-corrected chi connectivity index (χ1v) is 6.65. The van der Waals surface area contributed by atoms with Crippen LogP contribution in [0.1, 0.15) is 25.0 Å². The molecule has 0 saturated heterocycles. The van der Waals surface area contributed by atoms with Crippen LogP contribution in [0.25, 0.3) is 0 Å². The largest absolute Gasteiger partial charge is 0.387 e. The molecule has 0 fully saturated rings. The first kappa shape index (κ1) is 15.7. The molecule has 0 bridgehead atoms. The number of aliphatic hydroxyl groups excluding tert-OH is 1. The summed E-state index contributed by atoms with van der Waals surface area (Å²) in [5.41, 5.74) is 0.688. The maximum absolute atomic E-state index is 10.0. The summed E-state index contributed by atoms with van der Waals surface area (Å²) in [5, 5.41) is 14.3. The zero-order chi connectivity index (χ0) is 13.5. The Labute approximate surface area is 118 Å². The minimum absolute atomic E-state index is 0.283. The minimum atomic E-state index is -0.639. The molecule has 1 rings (SSSR count). The lowest BCUT2D eigenvalue weighted by molar-refractivity contribution is 0.158. The SMILES string of the molecule is COCCC(C)NCC(O)c1ccc(Cl)cc1Cl. The molecule has 0 spiro atoms. The van der Waals surface area contributed by atoms with E-state index in [-0.39, 0.29) is 6.04 Å². The molecule has 18 heavy (non-hydrogen) atoms. The van der Waals surface area contributed by atoms with Crippen LogP contribution in [-0.4, -0.2) is 31.4 Å². The van der Waals surface area contributed by atoms with Crippen molar-refractivity contribution in [1.82, 2.24) is 5.32 Å². The normalized spacial score (nSPS) is 14.5. The van der Waals surface area contributed by atoms with Crippen molar-refractivity contribution in [2.24, 2.45) is 0 Å². The molecular formula is C13H19Cl2NO2. The van der Waals surface area contributed by atoms with Crippen molar-refractivity contribution >= 4 is 23.2 Å². The molecule has 1 aromatic rings. The summed E-state index contributed by atoms with van der Waals surface area (Å²) in [7, 11) is 1.68. The third-order valence-corrected chi connectivity index (χ3v) is 3.30. The van der Waals surface area contributed by atoms with Gasteiger partial charge in [0, 0.05) is 41.9 Å². The van der Waals surface area contributed by atoms with E-state index >= 15 is 0 Å². The van der Waals surface area contributed by atoms with E-state index in [9.17, 15) is 5.11 Å². The van der Waals surface area contributed by atoms with Gasteiger partial charge in [-0.1, -0.05) is 29.3 Å². The molecule has 2 N–H and O–H groups in total. The molecular weight excluding hydrogens is 273 g/mol. The molecule has 0 aromatic heterocycles. The van der Waals surface area contributed by atoms with Gasteiger partial charge in [-0.15, -0.1) is 0 Å². The highest BCUT2D eigenvalue weighted by molar-refractivity contribution is 6.35. The molecule has 102 valence electrons. The van der Waals surface area contributed by atoms with Crippen LogP contribution in [0.3, 0.4) is 0 Å². The van der Waals surface area contributed by atoms with E-state index in [0.717, 1.165) is 6.42 Å². The monoisotopic (exact) mass is 291 g/mol. The molecule has 1 aromatic carbocycles. The number of hydrogen-bond acceptors (Lipinski definition) is 3. The van der Waals surface area contributed by atoms with Gasteiger partial charge in [0.25, 0.3) is 0 Å². The number of aliphatic hydroxyl groups is 1. The second-order valence-electron chi connectivity index (χ2n) is 4.27. The van der Waals surface area contributed by atoms with Gasteiger partial charge in [0.2, 0.25) is 0 Å². The Hall–Kier alpha value is -0.320. The Morgan fingerprint density at radius 1 is 1.39 bits per heavy atom. The fourth-order valence-corrected chi connectivity index (χ4v) is 2.13.